The summed E-state index contributed by atoms with van der Waals surface area (Å²) in [5.74, 6) is 0.711. The number of hydrogen-bond donors (Lipinski definition) is 2. The van der Waals surface area contributed by atoms with Gasteiger partial charge in [0.1, 0.15) is 11.5 Å². The van der Waals surface area contributed by atoms with Crippen LogP contribution in [0.4, 0.5) is 0 Å². The number of aromatic hydroxyl groups is 1. The third kappa shape index (κ3) is 4.34. The second kappa shape index (κ2) is 7.26. The van der Waals surface area contributed by atoms with Crippen LogP contribution in [0.3, 0.4) is 0 Å². The highest BCUT2D eigenvalue weighted by molar-refractivity contribution is 5.99. The van der Waals surface area contributed by atoms with Gasteiger partial charge in [-0.15, -0.1) is 0 Å². The lowest BCUT2D eigenvalue weighted by molar-refractivity contribution is -0.120. The van der Waals surface area contributed by atoms with Gasteiger partial charge in [-0.2, -0.15) is 5.10 Å². The monoisotopic (exact) mass is 298 g/mol. The largest absolute Gasteiger partial charge is 0.508 e. The number of amides is 1. The molecule has 2 rings (SSSR count). The molecule has 0 aliphatic heterocycles. The summed E-state index contributed by atoms with van der Waals surface area (Å²) >= 11 is 0. The summed E-state index contributed by atoms with van der Waals surface area (Å²) in [5, 5.41) is 13.5. The number of ether oxygens (including phenoxy) is 1. The van der Waals surface area contributed by atoms with Crippen LogP contribution in [0.15, 0.2) is 53.6 Å². The van der Waals surface area contributed by atoms with Crippen LogP contribution in [0.5, 0.6) is 11.5 Å². The van der Waals surface area contributed by atoms with Crippen molar-refractivity contribution in [3.05, 3.63) is 59.7 Å². The molecule has 2 aromatic rings. The Bertz CT molecular complexity index is 679. The fourth-order valence-electron chi connectivity index (χ4n) is 1.91. The summed E-state index contributed by atoms with van der Waals surface area (Å²) < 4.78 is 5.07. The maximum Gasteiger partial charge on any atom is 0.244 e. The smallest absolute Gasteiger partial charge is 0.244 e. The van der Waals surface area contributed by atoms with E-state index in [0.717, 1.165) is 16.9 Å². The van der Waals surface area contributed by atoms with E-state index < -0.39 is 0 Å². The zero-order valence-corrected chi connectivity index (χ0v) is 12.5. The number of rotatable bonds is 5. The molecular weight excluding hydrogens is 280 g/mol. The highest BCUT2D eigenvalue weighted by atomic mass is 16.5. The first kappa shape index (κ1) is 15.6. The van der Waals surface area contributed by atoms with Gasteiger partial charge in [-0.1, -0.05) is 24.3 Å². The molecule has 2 aromatic carbocycles. The fourth-order valence-corrected chi connectivity index (χ4v) is 1.91. The number of nitrogens with one attached hydrogen (secondary N) is 1. The number of phenols is 1. The van der Waals surface area contributed by atoms with Crippen LogP contribution < -0.4 is 10.2 Å². The lowest BCUT2D eigenvalue weighted by Gasteiger charge is -2.05. The van der Waals surface area contributed by atoms with Crippen molar-refractivity contribution in [1.29, 1.82) is 0 Å². The molecule has 0 aliphatic carbocycles. The molecule has 0 aliphatic rings. The number of methoxy groups -OCH3 is 1. The maximum atomic E-state index is 11.9. The van der Waals surface area contributed by atoms with Gasteiger partial charge < -0.3 is 9.84 Å². The molecule has 0 radical (unpaired) electrons. The zero-order chi connectivity index (χ0) is 15.9. The Morgan fingerprint density at radius 3 is 2.59 bits per heavy atom. The van der Waals surface area contributed by atoms with Gasteiger partial charge in [0.2, 0.25) is 5.91 Å². The first-order valence-electron chi connectivity index (χ1n) is 6.84. The molecule has 0 aromatic heterocycles. The predicted octanol–water partition coefficient (Wildman–Crippen LogP) is 2.48. The highest BCUT2D eigenvalue weighted by Gasteiger charge is 2.04. The van der Waals surface area contributed by atoms with Crippen molar-refractivity contribution in [1.82, 2.24) is 5.43 Å². The molecule has 5 heteroatoms. The van der Waals surface area contributed by atoms with E-state index in [0.29, 0.717) is 5.71 Å². The Morgan fingerprint density at radius 1 is 1.23 bits per heavy atom. The van der Waals surface area contributed by atoms with Gasteiger partial charge in [0.25, 0.3) is 0 Å². The van der Waals surface area contributed by atoms with Crippen molar-refractivity contribution >= 4 is 11.6 Å². The van der Waals surface area contributed by atoms with Gasteiger partial charge in [0.15, 0.2) is 0 Å². The second-order valence-corrected chi connectivity index (χ2v) is 4.81. The minimum Gasteiger partial charge on any atom is -0.508 e. The molecule has 0 heterocycles. The van der Waals surface area contributed by atoms with Crippen LogP contribution in [0.25, 0.3) is 0 Å². The van der Waals surface area contributed by atoms with E-state index in [1.54, 1.807) is 32.2 Å². The predicted molar refractivity (Wildman–Crippen MR) is 85.2 cm³/mol. The molecule has 0 saturated heterocycles. The average Bonchev–Trinajstić information content (AvgIpc) is 2.53. The van der Waals surface area contributed by atoms with Crippen LogP contribution in [-0.2, 0) is 11.2 Å². The number of carbonyl (C=O) groups is 1. The summed E-state index contributed by atoms with van der Waals surface area (Å²) in [7, 11) is 1.60. The van der Waals surface area contributed by atoms with Crippen LogP contribution in [0.2, 0.25) is 0 Å². The van der Waals surface area contributed by atoms with Crippen LogP contribution >= 0.6 is 0 Å². The van der Waals surface area contributed by atoms with Gasteiger partial charge in [-0.25, -0.2) is 5.43 Å². The van der Waals surface area contributed by atoms with Crippen molar-refractivity contribution in [2.24, 2.45) is 5.10 Å². The van der Waals surface area contributed by atoms with Crippen LogP contribution in [0, 0.1) is 0 Å². The Morgan fingerprint density at radius 2 is 1.95 bits per heavy atom. The Labute approximate surface area is 129 Å². The molecule has 0 saturated carbocycles. The third-order valence-electron chi connectivity index (χ3n) is 3.14. The van der Waals surface area contributed by atoms with E-state index in [-0.39, 0.29) is 18.1 Å². The first-order valence-corrected chi connectivity index (χ1v) is 6.84. The van der Waals surface area contributed by atoms with Gasteiger partial charge >= 0.3 is 0 Å². The Kier molecular flexibility index (Phi) is 5.14. The molecule has 0 atom stereocenters. The number of carbonyl (C=O) groups excluding carboxylic acids is 1. The van der Waals surface area contributed by atoms with Crippen molar-refractivity contribution in [2.75, 3.05) is 7.11 Å². The number of hydrogen-bond acceptors (Lipinski definition) is 4. The minimum absolute atomic E-state index is 0.164. The van der Waals surface area contributed by atoms with E-state index in [9.17, 15) is 9.90 Å². The average molecular weight is 298 g/mol. The summed E-state index contributed by atoms with van der Waals surface area (Å²) in [6, 6.07) is 14.0. The van der Waals surface area contributed by atoms with Crippen molar-refractivity contribution in [3.8, 4) is 11.5 Å². The summed E-state index contributed by atoms with van der Waals surface area (Å²) in [4.78, 5) is 11.9. The molecule has 5 nitrogen and oxygen atoms in total. The number of benzene rings is 2. The molecular formula is C17H18N2O3. The molecule has 0 spiro atoms. The van der Waals surface area contributed by atoms with E-state index in [1.165, 1.54) is 0 Å². The maximum absolute atomic E-state index is 11.9. The number of nitrogens with zero attached hydrogens (tertiary/aromatic N) is 1. The van der Waals surface area contributed by atoms with E-state index >= 15 is 0 Å². The van der Waals surface area contributed by atoms with E-state index in [1.807, 2.05) is 30.3 Å². The Balaban J connectivity index is 1.95. The van der Waals surface area contributed by atoms with Crippen molar-refractivity contribution < 1.29 is 14.6 Å². The molecule has 0 fully saturated rings. The Hall–Kier alpha value is -2.82. The van der Waals surface area contributed by atoms with Gasteiger partial charge in [0, 0.05) is 5.56 Å². The summed E-state index contributed by atoms with van der Waals surface area (Å²) in [6.07, 6.45) is 0.237. The normalized spacial score (nSPS) is 11.1. The van der Waals surface area contributed by atoms with Crippen LogP contribution in [0.1, 0.15) is 18.1 Å². The first-order chi connectivity index (χ1) is 10.6. The standard InChI is InChI=1S/C17H18N2O3/c1-12(14-4-3-5-15(20)11-14)18-19-17(21)10-13-6-8-16(22-2)9-7-13/h3-9,11,20H,10H2,1-2H3,(H,19,21). The second-order valence-electron chi connectivity index (χ2n) is 4.81. The van der Waals surface area contributed by atoms with Gasteiger partial charge in [-0.05, 0) is 36.8 Å². The zero-order valence-electron chi connectivity index (χ0n) is 12.5. The molecule has 1 amide bonds. The highest BCUT2D eigenvalue weighted by Crippen LogP contribution is 2.12. The molecule has 114 valence electrons. The van der Waals surface area contributed by atoms with Crippen molar-refractivity contribution in [3.63, 3.8) is 0 Å². The lowest BCUT2D eigenvalue weighted by Crippen LogP contribution is -2.21. The lowest BCUT2D eigenvalue weighted by atomic mass is 10.1. The fraction of sp³-hybridized carbons (Fsp3) is 0.176. The van der Waals surface area contributed by atoms with Gasteiger partial charge in [0.05, 0.1) is 19.2 Å². The number of phenolic OH excluding ortho intramolecular Hbond substituents is 1. The van der Waals surface area contributed by atoms with Crippen molar-refractivity contribution in [2.45, 2.75) is 13.3 Å². The SMILES string of the molecule is COc1ccc(CC(=O)NN=C(C)c2cccc(O)c2)cc1. The van der Waals surface area contributed by atoms with Gasteiger partial charge in [-0.3, -0.25) is 4.79 Å². The summed E-state index contributed by atoms with van der Waals surface area (Å²) in [6.45, 7) is 1.77. The molecule has 0 unspecified atom stereocenters. The van der Waals surface area contributed by atoms with Crippen LogP contribution in [-0.4, -0.2) is 23.8 Å². The van der Waals surface area contributed by atoms with E-state index in [2.05, 4.69) is 10.5 Å². The van der Waals surface area contributed by atoms with E-state index in [4.69, 9.17) is 4.74 Å². The quantitative estimate of drug-likeness (QED) is 0.658. The summed E-state index contributed by atoms with van der Waals surface area (Å²) in [5.41, 5.74) is 4.77. The third-order valence-corrected chi connectivity index (χ3v) is 3.14. The molecule has 0 bridgehead atoms. The minimum atomic E-state index is -0.204. The topological polar surface area (TPSA) is 70.9 Å². The molecule has 22 heavy (non-hydrogen) atoms. The molecule has 2 N–H and O–H groups in total. The number of hydrazone groups is 1.